The molecular formula is C7H6N2S. The average Bonchev–Trinajstić information content (AvgIpc) is 2.36. The van der Waals surface area contributed by atoms with Gasteiger partial charge < -0.3 is 0 Å². The standard InChI is InChI=1S/C7H6N2S/c8-3-1-7-6(5-9)2-4-10-7/h1-2,4H2. The van der Waals surface area contributed by atoms with Gasteiger partial charge in [-0.2, -0.15) is 10.5 Å². The van der Waals surface area contributed by atoms with E-state index < -0.39 is 0 Å². The first-order valence-electron chi connectivity index (χ1n) is 3.00. The van der Waals surface area contributed by atoms with E-state index in [4.69, 9.17) is 10.5 Å². The topological polar surface area (TPSA) is 47.6 Å². The molecule has 0 unspecified atom stereocenters. The van der Waals surface area contributed by atoms with Crippen molar-refractivity contribution in [2.24, 2.45) is 0 Å². The van der Waals surface area contributed by atoms with E-state index in [0.29, 0.717) is 6.42 Å². The minimum absolute atomic E-state index is 0.410. The number of nitrogens with zero attached hydrogens (tertiary/aromatic N) is 2. The molecule has 0 saturated heterocycles. The first kappa shape index (κ1) is 7.18. The van der Waals surface area contributed by atoms with Gasteiger partial charge in [0.2, 0.25) is 0 Å². The van der Waals surface area contributed by atoms with Crippen molar-refractivity contribution in [1.82, 2.24) is 0 Å². The summed E-state index contributed by atoms with van der Waals surface area (Å²) in [5.41, 5.74) is 0.812. The number of rotatable bonds is 1. The highest BCUT2D eigenvalue weighted by Crippen LogP contribution is 2.32. The van der Waals surface area contributed by atoms with Crippen molar-refractivity contribution in [1.29, 1.82) is 10.5 Å². The fraction of sp³-hybridized carbons (Fsp3) is 0.429. The number of hydrogen-bond donors (Lipinski definition) is 0. The maximum Gasteiger partial charge on any atom is 0.0956 e. The molecular weight excluding hydrogens is 144 g/mol. The lowest BCUT2D eigenvalue weighted by molar-refractivity contribution is 1.17. The van der Waals surface area contributed by atoms with E-state index in [2.05, 4.69) is 6.07 Å². The monoisotopic (exact) mass is 150 g/mol. The zero-order chi connectivity index (χ0) is 7.40. The van der Waals surface area contributed by atoms with E-state index >= 15 is 0 Å². The Bertz CT molecular complexity index is 241. The van der Waals surface area contributed by atoms with Gasteiger partial charge >= 0.3 is 0 Å². The number of allylic oxidation sites excluding steroid dienone is 2. The summed E-state index contributed by atoms with van der Waals surface area (Å²) in [6.45, 7) is 0. The van der Waals surface area contributed by atoms with Crippen LogP contribution in [0.1, 0.15) is 12.8 Å². The fourth-order valence-electron chi connectivity index (χ4n) is 0.851. The van der Waals surface area contributed by atoms with E-state index in [1.165, 1.54) is 0 Å². The summed E-state index contributed by atoms with van der Waals surface area (Å²) in [5, 5.41) is 16.9. The van der Waals surface area contributed by atoms with Crippen LogP contribution < -0.4 is 0 Å². The minimum Gasteiger partial charge on any atom is -0.198 e. The summed E-state index contributed by atoms with van der Waals surface area (Å²) in [4.78, 5) is 0.977. The summed E-state index contributed by atoms with van der Waals surface area (Å²) < 4.78 is 0. The normalized spacial score (nSPS) is 16.6. The second kappa shape index (κ2) is 3.29. The second-order valence-corrected chi connectivity index (χ2v) is 3.14. The summed E-state index contributed by atoms with van der Waals surface area (Å²) >= 11 is 1.63. The summed E-state index contributed by atoms with van der Waals surface area (Å²) in [5.74, 6) is 0.972. The van der Waals surface area contributed by atoms with Gasteiger partial charge in [-0.1, -0.05) is 0 Å². The first-order valence-corrected chi connectivity index (χ1v) is 3.99. The SMILES string of the molecule is N#CCC1=C(C#N)CCS1. The van der Waals surface area contributed by atoms with E-state index in [9.17, 15) is 0 Å². The van der Waals surface area contributed by atoms with Crippen molar-refractivity contribution >= 4 is 11.8 Å². The molecule has 0 spiro atoms. The Labute approximate surface area is 64.1 Å². The molecule has 3 heteroatoms. The maximum absolute atomic E-state index is 8.53. The maximum atomic E-state index is 8.53. The lowest BCUT2D eigenvalue weighted by Gasteiger charge is -1.89. The number of hydrogen-bond acceptors (Lipinski definition) is 3. The second-order valence-electron chi connectivity index (χ2n) is 1.95. The third-order valence-corrected chi connectivity index (χ3v) is 2.49. The molecule has 50 valence electrons. The van der Waals surface area contributed by atoms with Gasteiger partial charge in [0.05, 0.1) is 18.6 Å². The summed E-state index contributed by atoms with van der Waals surface area (Å²) in [7, 11) is 0. The molecule has 0 radical (unpaired) electrons. The Morgan fingerprint density at radius 2 is 2.30 bits per heavy atom. The van der Waals surface area contributed by atoms with Crippen molar-refractivity contribution in [3.63, 3.8) is 0 Å². The van der Waals surface area contributed by atoms with Crippen molar-refractivity contribution in [2.75, 3.05) is 5.75 Å². The van der Waals surface area contributed by atoms with Gasteiger partial charge in [-0.25, -0.2) is 0 Å². The molecule has 0 fully saturated rings. The van der Waals surface area contributed by atoms with Gasteiger partial charge in [0, 0.05) is 16.2 Å². The molecule has 0 saturated carbocycles. The van der Waals surface area contributed by atoms with E-state index in [0.717, 1.165) is 22.7 Å². The largest absolute Gasteiger partial charge is 0.198 e. The van der Waals surface area contributed by atoms with Crippen LogP contribution in [0.3, 0.4) is 0 Å². The van der Waals surface area contributed by atoms with Crippen LogP contribution >= 0.6 is 11.8 Å². The van der Waals surface area contributed by atoms with Gasteiger partial charge in [-0.15, -0.1) is 11.8 Å². The fourth-order valence-corrected chi connectivity index (χ4v) is 1.89. The van der Waals surface area contributed by atoms with Gasteiger partial charge in [-0.3, -0.25) is 0 Å². The molecule has 0 aromatic heterocycles. The van der Waals surface area contributed by atoms with Crippen molar-refractivity contribution < 1.29 is 0 Å². The quantitative estimate of drug-likeness (QED) is 0.572. The zero-order valence-corrected chi connectivity index (χ0v) is 6.24. The van der Waals surface area contributed by atoms with Crippen LogP contribution in [0.25, 0.3) is 0 Å². The Morgan fingerprint density at radius 1 is 1.50 bits per heavy atom. The third kappa shape index (κ3) is 1.32. The number of nitriles is 2. The molecule has 10 heavy (non-hydrogen) atoms. The molecule has 0 N–H and O–H groups in total. The summed E-state index contributed by atoms with van der Waals surface area (Å²) in [6, 6.07) is 4.15. The Hall–Kier alpha value is -0.930. The molecule has 1 rings (SSSR count). The molecule has 1 aliphatic rings. The molecule has 0 atom stereocenters. The van der Waals surface area contributed by atoms with E-state index in [-0.39, 0.29) is 0 Å². The van der Waals surface area contributed by atoms with Crippen molar-refractivity contribution in [3.8, 4) is 12.1 Å². The van der Waals surface area contributed by atoms with Crippen molar-refractivity contribution in [2.45, 2.75) is 12.8 Å². The lowest BCUT2D eigenvalue weighted by atomic mass is 10.2. The molecule has 1 heterocycles. The Kier molecular flexibility index (Phi) is 2.36. The Morgan fingerprint density at radius 3 is 2.90 bits per heavy atom. The molecule has 0 bridgehead atoms. The summed E-state index contributed by atoms with van der Waals surface area (Å²) in [6.07, 6.45) is 1.26. The molecule has 2 nitrogen and oxygen atoms in total. The van der Waals surface area contributed by atoms with Crippen LogP contribution in [0.4, 0.5) is 0 Å². The van der Waals surface area contributed by atoms with E-state index in [1.807, 2.05) is 6.07 Å². The zero-order valence-electron chi connectivity index (χ0n) is 5.42. The number of thioether (sulfide) groups is 1. The molecule has 0 aromatic rings. The van der Waals surface area contributed by atoms with Gasteiger partial charge in [0.15, 0.2) is 0 Å². The van der Waals surface area contributed by atoms with Gasteiger partial charge in [0.25, 0.3) is 0 Å². The van der Waals surface area contributed by atoms with Crippen LogP contribution in [0, 0.1) is 22.7 Å². The van der Waals surface area contributed by atoms with Gasteiger partial charge in [-0.05, 0) is 6.42 Å². The Balaban J connectivity index is 2.73. The smallest absolute Gasteiger partial charge is 0.0956 e. The van der Waals surface area contributed by atoms with Crippen LogP contribution in [0.15, 0.2) is 10.5 Å². The highest BCUT2D eigenvalue weighted by atomic mass is 32.2. The first-order chi connectivity index (χ1) is 4.88. The third-order valence-electron chi connectivity index (χ3n) is 1.34. The van der Waals surface area contributed by atoms with Gasteiger partial charge in [0.1, 0.15) is 0 Å². The molecule has 1 aliphatic heterocycles. The minimum atomic E-state index is 0.410. The van der Waals surface area contributed by atoms with E-state index in [1.54, 1.807) is 11.8 Å². The lowest BCUT2D eigenvalue weighted by Crippen LogP contribution is -1.75. The predicted molar refractivity (Wildman–Crippen MR) is 39.9 cm³/mol. The average molecular weight is 150 g/mol. The highest BCUT2D eigenvalue weighted by molar-refractivity contribution is 8.03. The van der Waals surface area contributed by atoms with Crippen LogP contribution in [-0.2, 0) is 0 Å². The highest BCUT2D eigenvalue weighted by Gasteiger charge is 2.13. The van der Waals surface area contributed by atoms with Crippen LogP contribution in [-0.4, -0.2) is 5.75 Å². The molecule has 0 aliphatic carbocycles. The van der Waals surface area contributed by atoms with Crippen LogP contribution in [0.2, 0.25) is 0 Å². The molecule has 0 amide bonds. The van der Waals surface area contributed by atoms with Crippen molar-refractivity contribution in [3.05, 3.63) is 10.5 Å². The molecule has 0 aromatic carbocycles. The predicted octanol–water partition coefficient (Wildman–Crippen LogP) is 1.81. The van der Waals surface area contributed by atoms with Crippen LogP contribution in [0.5, 0.6) is 0 Å².